The van der Waals surface area contributed by atoms with Crippen molar-refractivity contribution in [1.29, 1.82) is 0 Å². The van der Waals surface area contributed by atoms with Crippen LogP contribution in [0.1, 0.15) is 32.8 Å². The van der Waals surface area contributed by atoms with Gasteiger partial charge in [-0.25, -0.2) is 4.68 Å². The van der Waals surface area contributed by atoms with Crippen LogP contribution < -0.4 is 5.32 Å². The Labute approximate surface area is 169 Å². The van der Waals surface area contributed by atoms with Crippen LogP contribution >= 0.6 is 0 Å². The van der Waals surface area contributed by atoms with Gasteiger partial charge in [0, 0.05) is 23.5 Å². The predicted molar refractivity (Wildman–Crippen MR) is 111 cm³/mol. The molecule has 5 nitrogen and oxygen atoms in total. The number of furan rings is 1. The first-order valence-electron chi connectivity index (χ1n) is 9.22. The van der Waals surface area contributed by atoms with E-state index >= 15 is 0 Å². The molecule has 0 aliphatic heterocycles. The van der Waals surface area contributed by atoms with Crippen molar-refractivity contribution in [3.63, 3.8) is 0 Å². The number of rotatable bonds is 4. The molecule has 4 aromatic rings. The zero-order valence-corrected chi connectivity index (χ0v) is 15.9. The van der Waals surface area contributed by atoms with E-state index in [2.05, 4.69) is 22.3 Å². The summed E-state index contributed by atoms with van der Waals surface area (Å²) in [4.78, 5) is 12.6. The lowest BCUT2D eigenvalue weighted by molar-refractivity contribution is 0.0948. The summed E-state index contributed by atoms with van der Waals surface area (Å²) in [5, 5.41) is 7.16. The quantitative estimate of drug-likeness (QED) is 0.542. The molecule has 1 amide bonds. The third kappa shape index (κ3) is 4.45. The molecule has 0 saturated heterocycles. The fourth-order valence-electron chi connectivity index (χ4n) is 2.93. The van der Waals surface area contributed by atoms with Crippen LogP contribution in [0.3, 0.4) is 0 Å². The Morgan fingerprint density at radius 2 is 2.03 bits per heavy atom. The van der Waals surface area contributed by atoms with Crippen LogP contribution in [-0.2, 0) is 6.54 Å². The Hall–Kier alpha value is -4.04. The molecule has 29 heavy (non-hydrogen) atoms. The van der Waals surface area contributed by atoms with Gasteiger partial charge in [-0.05, 0) is 61.0 Å². The van der Waals surface area contributed by atoms with Crippen LogP contribution in [0.5, 0.6) is 0 Å². The number of hydrogen-bond donors (Lipinski definition) is 1. The number of hydrogen-bond acceptors (Lipinski definition) is 3. The van der Waals surface area contributed by atoms with Crippen LogP contribution in [0.15, 0.2) is 83.7 Å². The van der Waals surface area contributed by atoms with Gasteiger partial charge in [0.2, 0.25) is 0 Å². The number of nitrogens with zero attached hydrogens (tertiary/aromatic N) is 2. The molecule has 0 bridgehead atoms. The van der Waals surface area contributed by atoms with Gasteiger partial charge >= 0.3 is 0 Å². The van der Waals surface area contributed by atoms with Gasteiger partial charge in [-0.3, -0.25) is 4.79 Å². The van der Waals surface area contributed by atoms with E-state index in [0.717, 1.165) is 22.4 Å². The Morgan fingerprint density at radius 3 is 2.79 bits per heavy atom. The largest absolute Gasteiger partial charge is 0.467 e. The molecule has 2 heterocycles. The molecule has 2 aromatic heterocycles. The van der Waals surface area contributed by atoms with Crippen molar-refractivity contribution in [2.45, 2.75) is 13.5 Å². The lowest BCUT2D eigenvalue weighted by atomic mass is 10.1. The van der Waals surface area contributed by atoms with Crippen molar-refractivity contribution in [2.75, 3.05) is 0 Å². The second-order valence-corrected chi connectivity index (χ2v) is 6.56. The van der Waals surface area contributed by atoms with Crippen molar-refractivity contribution in [2.24, 2.45) is 0 Å². The Kier molecular flexibility index (Phi) is 5.26. The van der Waals surface area contributed by atoms with Gasteiger partial charge in [-0.1, -0.05) is 24.0 Å². The molecule has 5 heteroatoms. The van der Waals surface area contributed by atoms with Gasteiger partial charge in [0.05, 0.1) is 24.1 Å². The van der Waals surface area contributed by atoms with E-state index in [1.165, 1.54) is 0 Å². The second-order valence-electron chi connectivity index (χ2n) is 6.56. The summed E-state index contributed by atoms with van der Waals surface area (Å²) >= 11 is 0. The summed E-state index contributed by atoms with van der Waals surface area (Å²) < 4.78 is 7.00. The summed E-state index contributed by atoms with van der Waals surface area (Å²) in [5.74, 6) is 6.90. The number of nitrogens with one attached hydrogen (secondary N) is 1. The SMILES string of the molecule is Cc1cccc(C#Cc2cc(C(=O)NCc3ccco3)ccc2-n2cccn2)c1. The fraction of sp³-hybridized carbons (Fsp3) is 0.0833. The van der Waals surface area contributed by atoms with Crippen molar-refractivity contribution in [3.8, 4) is 17.5 Å². The highest BCUT2D eigenvalue weighted by molar-refractivity contribution is 5.94. The summed E-state index contributed by atoms with van der Waals surface area (Å²) in [7, 11) is 0. The van der Waals surface area contributed by atoms with Crippen LogP contribution in [-0.4, -0.2) is 15.7 Å². The summed E-state index contributed by atoms with van der Waals surface area (Å²) in [6.07, 6.45) is 5.14. The third-order valence-corrected chi connectivity index (χ3v) is 4.37. The molecular weight excluding hydrogens is 362 g/mol. The minimum absolute atomic E-state index is 0.188. The normalized spacial score (nSPS) is 10.2. The maximum atomic E-state index is 12.6. The molecule has 2 aromatic carbocycles. The highest BCUT2D eigenvalue weighted by Gasteiger charge is 2.11. The summed E-state index contributed by atoms with van der Waals surface area (Å²) in [6, 6.07) is 18.9. The zero-order chi connectivity index (χ0) is 20.1. The van der Waals surface area contributed by atoms with E-state index < -0.39 is 0 Å². The maximum absolute atomic E-state index is 12.6. The topological polar surface area (TPSA) is 60.1 Å². The first kappa shape index (κ1) is 18.3. The minimum Gasteiger partial charge on any atom is -0.467 e. The van der Waals surface area contributed by atoms with E-state index in [1.54, 1.807) is 35.3 Å². The first-order valence-corrected chi connectivity index (χ1v) is 9.22. The molecule has 4 rings (SSSR count). The Bertz CT molecular complexity index is 1180. The molecule has 142 valence electrons. The average molecular weight is 381 g/mol. The molecule has 0 aliphatic carbocycles. The molecule has 0 radical (unpaired) electrons. The van der Waals surface area contributed by atoms with Crippen molar-refractivity contribution in [3.05, 3.63) is 107 Å². The molecule has 0 spiro atoms. The van der Waals surface area contributed by atoms with Crippen LogP contribution in [0, 0.1) is 18.8 Å². The minimum atomic E-state index is -0.188. The zero-order valence-electron chi connectivity index (χ0n) is 15.9. The number of carbonyl (C=O) groups excluding carboxylic acids is 1. The van der Waals surface area contributed by atoms with Gasteiger partial charge in [-0.2, -0.15) is 5.10 Å². The predicted octanol–water partition coefficient (Wildman–Crippen LogP) is 4.10. The van der Waals surface area contributed by atoms with E-state index in [9.17, 15) is 4.79 Å². The fourth-order valence-corrected chi connectivity index (χ4v) is 2.93. The number of carbonyl (C=O) groups is 1. The van der Waals surface area contributed by atoms with Crippen LogP contribution in [0.25, 0.3) is 5.69 Å². The average Bonchev–Trinajstić information content (AvgIpc) is 3.44. The number of benzene rings is 2. The van der Waals surface area contributed by atoms with Crippen molar-refractivity contribution < 1.29 is 9.21 Å². The maximum Gasteiger partial charge on any atom is 0.251 e. The van der Waals surface area contributed by atoms with E-state index in [0.29, 0.717) is 17.9 Å². The van der Waals surface area contributed by atoms with E-state index in [4.69, 9.17) is 4.42 Å². The molecule has 1 N–H and O–H groups in total. The van der Waals surface area contributed by atoms with Crippen molar-refractivity contribution in [1.82, 2.24) is 15.1 Å². The highest BCUT2D eigenvalue weighted by atomic mass is 16.3. The lowest BCUT2D eigenvalue weighted by Gasteiger charge is -2.08. The molecule has 0 atom stereocenters. The van der Waals surface area contributed by atoms with E-state index in [1.807, 2.05) is 55.6 Å². The lowest BCUT2D eigenvalue weighted by Crippen LogP contribution is -2.22. The molecule has 0 unspecified atom stereocenters. The number of amides is 1. The number of aromatic nitrogens is 2. The molecule has 0 fully saturated rings. The standard InChI is InChI=1S/C24H19N3O2/c1-18-5-2-6-19(15-18)8-9-20-16-21(10-11-23(20)27-13-4-12-26-27)24(28)25-17-22-7-3-14-29-22/h2-7,10-16H,17H2,1H3,(H,25,28). The summed E-state index contributed by atoms with van der Waals surface area (Å²) in [5.41, 5.74) is 4.14. The van der Waals surface area contributed by atoms with Gasteiger partial charge in [0.15, 0.2) is 0 Å². The van der Waals surface area contributed by atoms with Gasteiger partial charge in [-0.15, -0.1) is 0 Å². The summed E-state index contributed by atoms with van der Waals surface area (Å²) in [6.45, 7) is 2.36. The van der Waals surface area contributed by atoms with E-state index in [-0.39, 0.29) is 5.91 Å². The number of aryl methyl sites for hydroxylation is 1. The van der Waals surface area contributed by atoms with Crippen LogP contribution in [0.4, 0.5) is 0 Å². The highest BCUT2D eigenvalue weighted by Crippen LogP contribution is 2.16. The van der Waals surface area contributed by atoms with Crippen molar-refractivity contribution >= 4 is 5.91 Å². The molecule has 0 saturated carbocycles. The van der Waals surface area contributed by atoms with Gasteiger partial charge < -0.3 is 9.73 Å². The van der Waals surface area contributed by atoms with Gasteiger partial charge in [0.1, 0.15) is 5.76 Å². The van der Waals surface area contributed by atoms with Crippen LogP contribution in [0.2, 0.25) is 0 Å². The Morgan fingerprint density at radius 1 is 1.10 bits per heavy atom. The first-order chi connectivity index (χ1) is 14.2. The second kappa shape index (κ2) is 8.32. The monoisotopic (exact) mass is 381 g/mol. The Balaban J connectivity index is 1.65. The smallest absolute Gasteiger partial charge is 0.251 e. The molecular formula is C24H19N3O2. The van der Waals surface area contributed by atoms with Gasteiger partial charge in [0.25, 0.3) is 5.91 Å². The third-order valence-electron chi connectivity index (χ3n) is 4.37. The molecule has 0 aliphatic rings.